The van der Waals surface area contributed by atoms with Gasteiger partial charge in [0, 0.05) is 39.5 Å². The molecule has 1 atom stereocenters. The van der Waals surface area contributed by atoms with E-state index in [1.54, 1.807) is 13.3 Å². The molecule has 1 amide bonds. The lowest BCUT2D eigenvalue weighted by atomic mass is 10.1. The highest BCUT2D eigenvalue weighted by Crippen LogP contribution is 2.15. The summed E-state index contributed by atoms with van der Waals surface area (Å²) in [5, 5.41) is 3.00. The Labute approximate surface area is 125 Å². The zero-order chi connectivity index (χ0) is 15.1. The van der Waals surface area contributed by atoms with Crippen molar-refractivity contribution in [3.63, 3.8) is 0 Å². The summed E-state index contributed by atoms with van der Waals surface area (Å²) in [6, 6.07) is 0. The van der Waals surface area contributed by atoms with E-state index in [0.717, 1.165) is 44.8 Å². The van der Waals surface area contributed by atoms with Crippen molar-refractivity contribution in [1.82, 2.24) is 20.2 Å². The molecule has 6 heteroatoms. The lowest BCUT2D eigenvalue weighted by Crippen LogP contribution is -2.32. The van der Waals surface area contributed by atoms with Gasteiger partial charge in [-0.3, -0.25) is 4.79 Å². The van der Waals surface area contributed by atoms with E-state index in [9.17, 15) is 4.79 Å². The van der Waals surface area contributed by atoms with Crippen molar-refractivity contribution in [1.29, 1.82) is 0 Å². The van der Waals surface area contributed by atoms with Crippen LogP contribution in [-0.4, -0.2) is 60.7 Å². The van der Waals surface area contributed by atoms with Gasteiger partial charge in [-0.05, 0) is 32.2 Å². The number of hydrogen-bond acceptors (Lipinski definition) is 5. The molecule has 0 bridgehead atoms. The molecule has 0 saturated carbocycles. The summed E-state index contributed by atoms with van der Waals surface area (Å²) in [4.78, 5) is 22.5. The average molecular weight is 292 g/mol. The first-order chi connectivity index (χ1) is 10.2. The Morgan fingerprint density at radius 3 is 3.19 bits per heavy atom. The predicted octanol–water partition coefficient (Wildman–Crippen LogP) is 0.873. The topological polar surface area (TPSA) is 67.3 Å². The molecule has 1 saturated heterocycles. The number of methoxy groups -OCH3 is 1. The largest absolute Gasteiger partial charge is 0.385 e. The van der Waals surface area contributed by atoms with Gasteiger partial charge in [-0.1, -0.05) is 0 Å². The van der Waals surface area contributed by atoms with Gasteiger partial charge in [0.05, 0.1) is 11.3 Å². The number of hydrogen-bond donors (Lipinski definition) is 1. The Morgan fingerprint density at radius 1 is 1.57 bits per heavy atom. The second-order valence-corrected chi connectivity index (χ2v) is 5.53. The number of aryl methyl sites for hydroxylation is 1. The van der Waals surface area contributed by atoms with Crippen molar-refractivity contribution < 1.29 is 9.53 Å². The maximum atomic E-state index is 12.1. The van der Waals surface area contributed by atoms with E-state index in [0.29, 0.717) is 18.0 Å². The minimum Gasteiger partial charge on any atom is -0.385 e. The fraction of sp³-hybridized carbons (Fsp3) is 0.667. The predicted molar refractivity (Wildman–Crippen MR) is 80.1 cm³/mol. The SMILES string of the molecule is COCCCN1CC[C@@H](CNC(=O)c2cncnc2C)C1. The fourth-order valence-electron chi connectivity index (χ4n) is 2.66. The smallest absolute Gasteiger partial charge is 0.254 e. The Hall–Kier alpha value is -1.53. The molecular formula is C15H24N4O2. The van der Waals surface area contributed by atoms with E-state index >= 15 is 0 Å². The fourth-order valence-corrected chi connectivity index (χ4v) is 2.66. The van der Waals surface area contributed by atoms with Crippen molar-refractivity contribution in [3.05, 3.63) is 23.8 Å². The average Bonchev–Trinajstić information content (AvgIpc) is 2.93. The first-order valence-corrected chi connectivity index (χ1v) is 7.46. The normalized spacial score (nSPS) is 18.9. The highest BCUT2D eigenvalue weighted by Gasteiger charge is 2.22. The van der Waals surface area contributed by atoms with Crippen LogP contribution < -0.4 is 5.32 Å². The van der Waals surface area contributed by atoms with E-state index in [1.165, 1.54) is 6.33 Å². The van der Waals surface area contributed by atoms with Crippen LogP contribution in [0.5, 0.6) is 0 Å². The summed E-state index contributed by atoms with van der Waals surface area (Å²) in [6.07, 6.45) is 5.23. The second-order valence-electron chi connectivity index (χ2n) is 5.53. The van der Waals surface area contributed by atoms with Crippen LogP contribution in [0.15, 0.2) is 12.5 Å². The third-order valence-corrected chi connectivity index (χ3v) is 3.90. The molecule has 1 N–H and O–H groups in total. The second kappa shape index (κ2) is 8.05. The van der Waals surface area contributed by atoms with Crippen LogP contribution in [0.3, 0.4) is 0 Å². The third kappa shape index (κ3) is 4.75. The van der Waals surface area contributed by atoms with Crippen LogP contribution in [0.2, 0.25) is 0 Å². The highest BCUT2D eigenvalue weighted by atomic mass is 16.5. The van der Waals surface area contributed by atoms with Crippen molar-refractivity contribution in [2.75, 3.05) is 39.9 Å². The molecule has 2 rings (SSSR count). The molecule has 0 aromatic carbocycles. The molecular weight excluding hydrogens is 268 g/mol. The van der Waals surface area contributed by atoms with Crippen LogP contribution in [0.1, 0.15) is 28.9 Å². The Kier molecular flexibility index (Phi) is 6.07. The van der Waals surface area contributed by atoms with Crippen molar-refractivity contribution in [3.8, 4) is 0 Å². The molecule has 0 spiro atoms. The molecule has 6 nitrogen and oxygen atoms in total. The minimum atomic E-state index is -0.0778. The van der Waals surface area contributed by atoms with Crippen LogP contribution >= 0.6 is 0 Å². The van der Waals surface area contributed by atoms with Crippen LogP contribution in [0.4, 0.5) is 0 Å². The number of amides is 1. The summed E-state index contributed by atoms with van der Waals surface area (Å²) in [7, 11) is 1.73. The lowest BCUT2D eigenvalue weighted by molar-refractivity contribution is 0.0946. The molecule has 1 fully saturated rings. The number of nitrogens with zero attached hydrogens (tertiary/aromatic N) is 3. The monoisotopic (exact) mass is 292 g/mol. The van der Waals surface area contributed by atoms with Gasteiger partial charge < -0.3 is 15.0 Å². The van der Waals surface area contributed by atoms with E-state index in [4.69, 9.17) is 4.74 Å². The summed E-state index contributed by atoms with van der Waals surface area (Å²) in [5.41, 5.74) is 1.28. The lowest BCUT2D eigenvalue weighted by Gasteiger charge is -2.16. The molecule has 1 aromatic heterocycles. The van der Waals surface area contributed by atoms with E-state index in [2.05, 4.69) is 20.2 Å². The zero-order valence-electron chi connectivity index (χ0n) is 12.8. The number of carbonyl (C=O) groups is 1. The van der Waals surface area contributed by atoms with Gasteiger partial charge in [-0.25, -0.2) is 9.97 Å². The zero-order valence-corrected chi connectivity index (χ0v) is 12.8. The molecule has 0 unspecified atom stereocenters. The first kappa shape index (κ1) is 15.9. The van der Waals surface area contributed by atoms with Crippen molar-refractivity contribution >= 4 is 5.91 Å². The Morgan fingerprint density at radius 2 is 2.43 bits per heavy atom. The van der Waals surface area contributed by atoms with Gasteiger partial charge in [0.15, 0.2) is 0 Å². The van der Waals surface area contributed by atoms with Gasteiger partial charge in [0.2, 0.25) is 0 Å². The van der Waals surface area contributed by atoms with E-state index in [-0.39, 0.29) is 5.91 Å². The van der Waals surface area contributed by atoms with Gasteiger partial charge in [-0.2, -0.15) is 0 Å². The van der Waals surface area contributed by atoms with Crippen LogP contribution in [-0.2, 0) is 4.74 Å². The number of nitrogens with one attached hydrogen (secondary N) is 1. The number of aromatic nitrogens is 2. The van der Waals surface area contributed by atoms with Crippen molar-refractivity contribution in [2.45, 2.75) is 19.8 Å². The molecule has 1 aromatic rings. The quantitative estimate of drug-likeness (QED) is 0.755. The molecule has 21 heavy (non-hydrogen) atoms. The minimum absolute atomic E-state index is 0.0778. The molecule has 2 heterocycles. The van der Waals surface area contributed by atoms with Gasteiger partial charge in [0.1, 0.15) is 6.33 Å². The van der Waals surface area contributed by atoms with Gasteiger partial charge in [0.25, 0.3) is 5.91 Å². The number of likely N-dealkylation sites (tertiary alicyclic amines) is 1. The summed E-state index contributed by atoms with van der Waals surface area (Å²) in [6.45, 7) is 6.58. The van der Waals surface area contributed by atoms with Gasteiger partial charge in [-0.15, -0.1) is 0 Å². The highest BCUT2D eigenvalue weighted by molar-refractivity contribution is 5.94. The third-order valence-electron chi connectivity index (χ3n) is 3.90. The standard InChI is InChI=1S/C15H24N4O2/c1-12-14(9-16-11-18-12)15(20)17-8-13-4-6-19(10-13)5-3-7-21-2/h9,11,13H,3-8,10H2,1-2H3,(H,17,20)/t13-/m0/s1. The van der Waals surface area contributed by atoms with Crippen molar-refractivity contribution in [2.24, 2.45) is 5.92 Å². The number of rotatable bonds is 7. The first-order valence-electron chi connectivity index (χ1n) is 7.46. The molecule has 1 aliphatic rings. The molecule has 0 radical (unpaired) electrons. The maximum Gasteiger partial charge on any atom is 0.254 e. The van der Waals surface area contributed by atoms with E-state index < -0.39 is 0 Å². The Balaban J connectivity index is 1.72. The molecule has 116 valence electrons. The number of carbonyl (C=O) groups excluding carboxylic acids is 1. The molecule has 1 aliphatic heterocycles. The summed E-state index contributed by atoms with van der Waals surface area (Å²) >= 11 is 0. The summed E-state index contributed by atoms with van der Waals surface area (Å²) < 4.78 is 5.07. The summed E-state index contributed by atoms with van der Waals surface area (Å²) in [5.74, 6) is 0.451. The van der Waals surface area contributed by atoms with Gasteiger partial charge >= 0.3 is 0 Å². The van der Waals surface area contributed by atoms with Crippen LogP contribution in [0, 0.1) is 12.8 Å². The Bertz CT molecular complexity index is 467. The van der Waals surface area contributed by atoms with Crippen LogP contribution in [0.25, 0.3) is 0 Å². The molecule has 0 aliphatic carbocycles. The number of ether oxygens (including phenoxy) is 1. The van der Waals surface area contributed by atoms with E-state index in [1.807, 2.05) is 6.92 Å². The maximum absolute atomic E-state index is 12.1.